The highest BCUT2D eigenvalue weighted by Crippen LogP contribution is 2.22. The van der Waals surface area contributed by atoms with Crippen molar-refractivity contribution in [2.24, 2.45) is 5.92 Å². The Bertz CT molecular complexity index is 663. The number of nitrogens with one attached hydrogen (secondary N) is 1. The van der Waals surface area contributed by atoms with Gasteiger partial charge in [-0.2, -0.15) is 0 Å². The Balaban J connectivity index is 1.35. The Morgan fingerprint density at radius 3 is 2.41 bits per heavy atom. The van der Waals surface area contributed by atoms with Crippen LogP contribution in [0.4, 0.5) is 0 Å². The first kappa shape index (κ1) is 21.6. The predicted octanol–water partition coefficient (Wildman–Crippen LogP) is 2.47. The molecule has 0 atom stereocenters. The maximum Gasteiger partial charge on any atom is 0.234 e. The smallest absolute Gasteiger partial charge is 0.234 e. The Morgan fingerprint density at radius 2 is 1.72 bits per heavy atom. The van der Waals surface area contributed by atoms with Crippen LogP contribution in [0.25, 0.3) is 0 Å². The molecule has 3 rings (SSSR count). The lowest BCUT2D eigenvalue weighted by Gasteiger charge is -2.33. The molecule has 1 N–H and O–H groups in total. The van der Waals surface area contributed by atoms with Crippen molar-refractivity contribution in [3.63, 3.8) is 0 Å². The molecule has 29 heavy (non-hydrogen) atoms. The van der Waals surface area contributed by atoms with Crippen LogP contribution in [0.5, 0.6) is 5.75 Å². The van der Waals surface area contributed by atoms with Gasteiger partial charge in [-0.3, -0.25) is 14.5 Å². The molecule has 2 amide bonds. The second-order valence-electron chi connectivity index (χ2n) is 8.20. The summed E-state index contributed by atoms with van der Waals surface area (Å²) in [5.41, 5.74) is 1.10. The van der Waals surface area contributed by atoms with Gasteiger partial charge in [-0.1, -0.05) is 31.0 Å². The number of hydrogen-bond acceptors (Lipinski definition) is 4. The Labute approximate surface area is 174 Å². The molecule has 0 spiro atoms. The van der Waals surface area contributed by atoms with E-state index in [1.165, 1.54) is 12.8 Å². The van der Waals surface area contributed by atoms with E-state index in [1.54, 1.807) is 7.11 Å². The van der Waals surface area contributed by atoms with Crippen molar-refractivity contribution in [3.8, 4) is 5.75 Å². The summed E-state index contributed by atoms with van der Waals surface area (Å²) in [5.74, 6) is 1.39. The number of likely N-dealkylation sites (tertiary alicyclic amines) is 2. The zero-order chi connectivity index (χ0) is 20.5. The zero-order valence-electron chi connectivity index (χ0n) is 17.7. The molecule has 0 saturated carbocycles. The largest absolute Gasteiger partial charge is 0.496 e. The molecule has 0 aromatic heterocycles. The number of nitrogens with zero attached hydrogens (tertiary/aromatic N) is 2. The molecule has 1 aromatic carbocycles. The second kappa shape index (κ2) is 11.2. The summed E-state index contributed by atoms with van der Waals surface area (Å²) < 4.78 is 5.35. The van der Waals surface area contributed by atoms with Gasteiger partial charge < -0.3 is 15.0 Å². The van der Waals surface area contributed by atoms with Crippen LogP contribution in [0.1, 0.15) is 44.1 Å². The third-order valence-electron chi connectivity index (χ3n) is 6.13. The predicted molar refractivity (Wildman–Crippen MR) is 114 cm³/mol. The number of para-hydroxylation sites is 1. The molecule has 2 aliphatic rings. The first-order chi connectivity index (χ1) is 14.2. The van der Waals surface area contributed by atoms with Crippen LogP contribution in [0.2, 0.25) is 0 Å². The normalized spacial score (nSPS) is 18.9. The van der Waals surface area contributed by atoms with Gasteiger partial charge in [-0.25, -0.2) is 0 Å². The summed E-state index contributed by atoms with van der Waals surface area (Å²) in [6, 6.07) is 7.89. The summed E-state index contributed by atoms with van der Waals surface area (Å²) in [6.45, 7) is 4.51. The maximum absolute atomic E-state index is 12.8. The molecule has 0 aliphatic carbocycles. The lowest BCUT2D eigenvalue weighted by atomic mass is 9.95. The molecule has 6 heteroatoms. The van der Waals surface area contributed by atoms with Crippen LogP contribution in [-0.4, -0.2) is 68.0 Å². The minimum Gasteiger partial charge on any atom is -0.496 e. The van der Waals surface area contributed by atoms with Crippen LogP contribution in [-0.2, 0) is 16.0 Å². The number of amides is 2. The fourth-order valence-corrected chi connectivity index (χ4v) is 4.39. The number of rotatable bonds is 7. The molecule has 2 heterocycles. The van der Waals surface area contributed by atoms with Gasteiger partial charge in [-0.05, 0) is 56.8 Å². The summed E-state index contributed by atoms with van der Waals surface area (Å²) >= 11 is 0. The van der Waals surface area contributed by atoms with E-state index in [0.29, 0.717) is 19.0 Å². The number of methoxy groups -OCH3 is 1. The minimum atomic E-state index is 0.0530. The van der Waals surface area contributed by atoms with Crippen molar-refractivity contribution in [1.29, 1.82) is 0 Å². The third-order valence-corrected chi connectivity index (χ3v) is 6.13. The van der Waals surface area contributed by atoms with Gasteiger partial charge in [0.05, 0.1) is 13.7 Å². The van der Waals surface area contributed by atoms with E-state index in [4.69, 9.17) is 4.74 Å². The van der Waals surface area contributed by atoms with Gasteiger partial charge in [0.15, 0.2) is 0 Å². The molecule has 0 unspecified atom stereocenters. The summed E-state index contributed by atoms with van der Waals surface area (Å²) in [7, 11) is 1.67. The molecule has 160 valence electrons. The van der Waals surface area contributed by atoms with Crippen LogP contribution >= 0.6 is 0 Å². The van der Waals surface area contributed by atoms with Gasteiger partial charge in [-0.15, -0.1) is 0 Å². The van der Waals surface area contributed by atoms with Crippen molar-refractivity contribution in [1.82, 2.24) is 15.1 Å². The van der Waals surface area contributed by atoms with Gasteiger partial charge in [0.25, 0.3) is 0 Å². The van der Waals surface area contributed by atoms with E-state index < -0.39 is 0 Å². The molecular formula is C23H35N3O3. The molecule has 2 aliphatic heterocycles. The van der Waals surface area contributed by atoms with E-state index in [0.717, 1.165) is 69.6 Å². The van der Waals surface area contributed by atoms with E-state index in [2.05, 4.69) is 15.1 Å². The molecule has 1 aromatic rings. The fourth-order valence-electron chi connectivity index (χ4n) is 4.39. The average molecular weight is 402 g/mol. The number of carbonyl (C=O) groups excluding carboxylic acids is 2. The molecule has 2 saturated heterocycles. The van der Waals surface area contributed by atoms with Crippen molar-refractivity contribution in [3.05, 3.63) is 29.8 Å². The molecule has 2 fully saturated rings. The molecule has 0 radical (unpaired) electrons. The minimum absolute atomic E-state index is 0.0530. The lowest BCUT2D eigenvalue weighted by Crippen LogP contribution is -2.45. The number of hydrogen-bond donors (Lipinski definition) is 1. The molecular weight excluding hydrogens is 366 g/mol. The van der Waals surface area contributed by atoms with Crippen molar-refractivity contribution in [2.75, 3.05) is 46.4 Å². The standard InChI is InChI=1S/C23H35N3O3/c1-29-21-9-5-4-8-19(21)10-13-24-22(27)18-25-16-11-20(12-17-25)23(28)26-14-6-2-3-7-15-26/h4-5,8-9,20H,2-3,6-7,10-18H2,1H3,(H,24,27). The van der Waals surface area contributed by atoms with Crippen molar-refractivity contribution in [2.45, 2.75) is 44.9 Å². The van der Waals surface area contributed by atoms with E-state index in [9.17, 15) is 9.59 Å². The number of piperidine rings is 1. The Kier molecular flexibility index (Phi) is 8.35. The van der Waals surface area contributed by atoms with Gasteiger partial charge in [0.2, 0.25) is 11.8 Å². The zero-order valence-corrected chi connectivity index (χ0v) is 17.7. The first-order valence-corrected chi connectivity index (χ1v) is 11.1. The van der Waals surface area contributed by atoms with Gasteiger partial charge in [0.1, 0.15) is 5.75 Å². The highest BCUT2D eigenvalue weighted by Gasteiger charge is 2.29. The van der Waals surface area contributed by atoms with Gasteiger partial charge >= 0.3 is 0 Å². The van der Waals surface area contributed by atoms with E-state index in [-0.39, 0.29) is 11.8 Å². The SMILES string of the molecule is COc1ccccc1CCNC(=O)CN1CCC(C(=O)N2CCCCCC2)CC1. The average Bonchev–Trinajstić information content (AvgIpc) is 3.04. The highest BCUT2D eigenvalue weighted by atomic mass is 16.5. The topological polar surface area (TPSA) is 61.9 Å². The number of carbonyl (C=O) groups is 2. The first-order valence-electron chi connectivity index (χ1n) is 11.1. The number of benzene rings is 1. The van der Waals surface area contributed by atoms with Crippen LogP contribution in [0.15, 0.2) is 24.3 Å². The van der Waals surface area contributed by atoms with Crippen molar-refractivity contribution >= 4 is 11.8 Å². The van der Waals surface area contributed by atoms with Crippen LogP contribution < -0.4 is 10.1 Å². The monoisotopic (exact) mass is 401 g/mol. The molecule has 0 bridgehead atoms. The fraction of sp³-hybridized carbons (Fsp3) is 0.652. The third kappa shape index (κ3) is 6.46. The summed E-state index contributed by atoms with van der Waals surface area (Å²) in [4.78, 5) is 29.3. The number of ether oxygens (including phenoxy) is 1. The summed E-state index contributed by atoms with van der Waals surface area (Å²) in [5, 5.41) is 3.01. The Morgan fingerprint density at radius 1 is 1.03 bits per heavy atom. The van der Waals surface area contributed by atoms with Crippen LogP contribution in [0, 0.1) is 5.92 Å². The van der Waals surface area contributed by atoms with Crippen molar-refractivity contribution < 1.29 is 14.3 Å². The lowest BCUT2D eigenvalue weighted by molar-refractivity contribution is -0.137. The van der Waals surface area contributed by atoms with Crippen LogP contribution in [0.3, 0.4) is 0 Å². The van der Waals surface area contributed by atoms with E-state index in [1.807, 2.05) is 24.3 Å². The highest BCUT2D eigenvalue weighted by molar-refractivity contribution is 5.79. The summed E-state index contributed by atoms with van der Waals surface area (Å²) in [6.07, 6.45) is 7.25. The molecule has 6 nitrogen and oxygen atoms in total. The quantitative estimate of drug-likeness (QED) is 0.762. The Hall–Kier alpha value is -2.08. The van der Waals surface area contributed by atoms with Gasteiger partial charge in [0, 0.05) is 25.6 Å². The maximum atomic E-state index is 12.8. The second-order valence-corrected chi connectivity index (χ2v) is 8.20. The van der Waals surface area contributed by atoms with E-state index >= 15 is 0 Å².